The molecule has 1 saturated carbocycles. The Labute approximate surface area is 185 Å². The number of hydrogen-bond acceptors (Lipinski definition) is 4. The van der Waals surface area contributed by atoms with Crippen molar-refractivity contribution in [2.45, 2.75) is 63.3 Å². The number of aryl methyl sites for hydroxylation is 1. The van der Waals surface area contributed by atoms with Crippen LogP contribution < -0.4 is 0 Å². The number of benzene rings is 2. The zero-order valence-corrected chi connectivity index (χ0v) is 19.1. The predicted molar refractivity (Wildman–Crippen MR) is 121 cm³/mol. The Kier molecular flexibility index (Phi) is 6.08. The van der Waals surface area contributed by atoms with Gasteiger partial charge in [0.1, 0.15) is 5.78 Å². The highest BCUT2D eigenvalue weighted by atomic mass is 32.2. The molecule has 2 fully saturated rings. The van der Waals surface area contributed by atoms with Gasteiger partial charge in [-0.2, -0.15) is 4.31 Å². The molecule has 1 saturated heterocycles. The van der Waals surface area contributed by atoms with Gasteiger partial charge < -0.3 is 5.11 Å². The van der Waals surface area contributed by atoms with Gasteiger partial charge in [0, 0.05) is 24.4 Å². The number of ketones is 1. The minimum absolute atomic E-state index is 0.137. The van der Waals surface area contributed by atoms with Crippen LogP contribution in [-0.4, -0.2) is 42.8 Å². The van der Waals surface area contributed by atoms with Crippen molar-refractivity contribution < 1.29 is 18.3 Å². The van der Waals surface area contributed by atoms with Gasteiger partial charge in [-0.3, -0.25) is 4.79 Å². The fraction of sp³-hybridized carbons (Fsp3) is 0.480. The first kappa shape index (κ1) is 22.2. The molecule has 1 aliphatic heterocycles. The summed E-state index contributed by atoms with van der Waals surface area (Å²) in [4.78, 5) is 12.7. The lowest BCUT2D eigenvalue weighted by atomic mass is 9.93. The molecule has 0 amide bonds. The summed E-state index contributed by atoms with van der Waals surface area (Å²) in [6.07, 6.45) is 4.85. The molecule has 0 spiro atoms. The molecule has 6 heteroatoms. The Morgan fingerprint density at radius 3 is 2.48 bits per heavy atom. The van der Waals surface area contributed by atoms with E-state index in [0.717, 1.165) is 47.9 Å². The number of hydrogen-bond donors (Lipinski definition) is 1. The van der Waals surface area contributed by atoms with E-state index in [0.29, 0.717) is 25.2 Å². The number of carbonyl (C=O) groups excluding carboxylic acids is 1. The van der Waals surface area contributed by atoms with E-state index in [1.54, 1.807) is 12.1 Å². The summed E-state index contributed by atoms with van der Waals surface area (Å²) in [5.41, 5.74) is 3.89. The molecule has 166 valence electrons. The van der Waals surface area contributed by atoms with Crippen LogP contribution in [0, 0.1) is 12.3 Å². The number of aliphatic hydroxyl groups excluding tert-OH is 1. The van der Waals surface area contributed by atoms with Crippen LogP contribution in [0.1, 0.15) is 50.2 Å². The molecule has 0 radical (unpaired) electrons. The number of Topliss-reactive ketones (excluding diaryl/α,β-unsaturated/α-hetero) is 1. The van der Waals surface area contributed by atoms with Crippen molar-refractivity contribution >= 4 is 15.8 Å². The number of sulfonamides is 1. The van der Waals surface area contributed by atoms with Crippen LogP contribution in [0.15, 0.2) is 47.4 Å². The van der Waals surface area contributed by atoms with Crippen molar-refractivity contribution in [3.05, 3.63) is 53.6 Å². The highest BCUT2D eigenvalue weighted by Gasteiger charge is 2.43. The third-order valence-corrected chi connectivity index (χ3v) is 8.86. The van der Waals surface area contributed by atoms with E-state index >= 15 is 0 Å². The molecule has 1 unspecified atom stereocenters. The van der Waals surface area contributed by atoms with Crippen molar-refractivity contribution in [2.75, 3.05) is 13.2 Å². The van der Waals surface area contributed by atoms with Gasteiger partial charge in [0.15, 0.2) is 0 Å². The van der Waals surface area contributed by atoms with Gasteiger partial charge in [-0.25, -0.2) is 8.42 Å². The first-order valence-electron chi connectivity index (χ1n) is 11.1. The fourth-order valence-corrected chi connectivity index (χ4v) is 6.05. The number of carbonyl (C=O) groups is 1. The molecular weight excluding hydrogens is 410 g/mol. The summed E-state index contributed by atoms with van der Waals surface area (Å²) in [5, 5.41) is 9.61. The molecule has 1 heterocycles. The van der Waals surface area contributed by atoms with E-state index < -0.39 is 10.0 Å². The molecule has 31 heavy (non-hydrogen) atoms. The maximum atomic E-state index is 13.1. The zero-order valence-electron chi connectivity index (χ0n) is 18.3. The first-order chi connectivity index (χ1) is 14.7. The molecule has 1 aliphatic carbocycles. The largest absolute Gasteiger partial charge is 0.395 e. The second-order valence-corrected chi connectivity index (χ2v) is 11.2. The smallest absolute Gasteiger partial charge is 0.243 e. The maximum absolute atomic E-state index is 13.1. The van der Waals surface area contributed by atoms with E-state index in [1.807, 2.05) is 38.1 Å². The van der Waals surface area contributed by atoms with E-state index in [1.165, 1.54) is 4.31 Å². The fourth-order valence-electron chi connectivity index (χ4n) is 4.37. The van der Waals surface area contributed by atoms with E-state index in [9.17, 15) is 18.3 Å². The molecule has 2 aliphatic rings. The third kappa shape index (κ3) is 4.47. The number of rotatable bonds is 7. The monoisotopic (exact) mass is 441 g/mol. The normalized spacial score (nSPS) is 21.1. The maximum Gasteiger partial charge on any atom is 0.243 e. The zero-order chi connectivity index (χ0) is 22.2. The van der Waals surface area contributed by atoms with Gasteiger partial charge in [0.2, 0.25) is 10.0 Å². The van der Waals surface area contributed by atoms with Crippen molar-refractivity contribution in [1.82, 2.24) is 4.31 Å². The lowest BCUT2D eigenvalue weighted by Crippen LogP contribution is -2.45. The number of nitrogens with zero attached hydrogens (tertiary/aromatic N) is 1. The summed E-state index contributed by atoms with van der Waals surface area (Å²) < 4.78 is 27.7. The highest BCUT2D eigenvalue weighted by molar-refractivity contribution is 7.89. The minimum atomic E-state index is -3.64. The van der Waals surface area contributed by atoms with Crippen molar-refractivity contribution in [3.63, 3.8) is 0 Å². The lowest BCUT2D eigenvalue weighted by Gasteiger charge is -2.33. The molecule has 1 atom stereocenters. The SMILES string of the molecule is Cc1ccc(CC(=O)C2(C)CC2)cc1-c1ccc(S(=O)(=O)N2CCCCC2CO)cc1. The summed E-state index contributed by atoms with van der Waals surface area (Å²) >= 11 is 0. The van der Waals surface area contributed by atoms with Crippen LogP contribution >= 0.6 is 0 Å². The summed E-state index contributed by atoms with van der Waals surface area (Å²) in [7, 11) is -3.64. The van der Waals surface area contributed by atoms with Crippen molar-refractivity contribution in [2.24, 2.45) is 5.41 Å². The molecular formula is C25H31NO4S. The van der Waals surface area contributed by atoms with Gasteiger partial charge in [0.25, 0.3) is 0 Å². The Morgan fingerprint density at radius 1 is 1.13 bits per heavy atom. The van der Waals surface area contributed by atoms with Crippen LogP contribution in [0.2, 0.25) is 0 Å². The van der Waals surface area contributed by atoms with Crippen LogP contribution in [-0.2, 0) is 21.2 Å². The van der Waals surface area contributed by atoms with Crippen LogP contribution in [0.4, 0.5) is 0 Å². The molecule has 0 bridgehead atoms. The Balaban J connectivity index is 1.58. The Bertz CT molecular complexity index is 1070. The Morgan fingerprint density at radius 2 is 1.84 bits per heavy atom. The molecule has 0 aromatic heterocycles. The second-order valence-electron chi connectivity index (χ2n) is 9.28. The number of aliphatic hydroxyl groups is 1. The van der Waals surface area contributed by atoms with E-state index in [-0.39, 0.29) is 23.0 Å². The molecule has 5 nitrogen and oxygen atoms in total. The van der Waals surface area contributed by atoms with Gasteiger partial charge in [-0.15, -0.1) is 0 Å². The average Bonchev–Trinajstić information content (AvgIpc) is 3.54. The van der Waals surface area contributed by atoms with Crippen LogP contribution in [0.5, 0.6) is 0 Å². The van der Waals surface area contributed by atoms with Gasteiger partial charge in [-0.1, -0.05) is 43.7 Å². The topological polar surface area (TPSA) is 74.7 Å². The quantitative estimate of drug-likeness (QED) is 0.702. The minimum Gasteiger partial charge on any atom is -0.395 e. The van der Waals surface area contributed by atoms with Crippen LogP contribution in [0.25, 0.3) is 11.1 Å². The predicted octanol–water partition coefficient (Wildman–Crippen LogP) is 4.11. The van der Waals surface area contributed by atoms with Gasteiger partial charge in [-0.05, 0) is 67.0 Å². The van der Waals surface area contributed by atoms with Crippen molar-refractivity contribution in [3.8, 4) is 11.1 Å². The number of piperidine rings is 1. The molecule has 4 rings (SSSR count). The first-order valence-corrected chi connectivity index (χ1v) is 12.5. The van der Waals surface area contributed by atoms with E-state index in [4.69, 9.17) is 0 Å². The molecule has 2 aromatic rings. The highest BCUT2D eigenvalue weighted by Crippen LogP contribution is 2.46. The summed E-state index contributed by atoms with van der Waals surface area (Å²) in [5.74, 6) is 0.295. The average molecular weight is 442 g/mol. The second kappa shape index (κ2) is 8.49. The standard InChI is InChI=1S/C25H31NO4S/c1-18-6-7-19(16-24(28)25(2)12-13-25)15-23(18)20-8-10-22(11-9-20)31(29,30)26-14-4-3-5-21(26)17-27/h6-11,15,21,27H,3-5,12-14,16-17H2,1-2H3. The van der Waals surface area contributed by atoms with Gasteiger partial charge in [0.05, 0.1) is 11.5 Å². The third-order valence-electron chi connectivity index (χ3n) is 6.90. The summed E-state index contributed by atoms with van der Waals surface area (Å²) in [6.45, 7) is 4.35. The summed E-state index contributed by atoms with van der Waals surface area (Å²) in [6, 6.07) is 12.7. The Hall–Kier alpha value is -2.02. The molecule has 1 N–H and O–H groups in total. The molecule has 2 aromatic carbocycles. The van der Waals surface area contributed by atoms with Crippen molar-refractivity contribution in [1.29, 1.82) is 0 Å². The van der Waals surface area contributed by atoms with Crippen LogP contribution in [0.3, 0.4) is 0 Å². The van der Waals surface area contributed by atoms with Gasteiger partial charge >= 0.3 is 0 Å². The van der Waals surface area contributed by atoms with E-state index in [2.05, 4.69) is 6.07 Å². The lowest BCUT2D eigenvalue weighted by molar-refractivity contribution is -0.122.